The number of rotatable bonds is 5. The third kappa shape index (κ3) is 3.66. The van der Waals surface area contributed by atoms with Crippen LogP contribution < -0.4 is 14.5 Å². The molecule has 21 heavy (non-hydrogen) atoms. The molecule has 4 nitrogen and oxygen atoms in total. The van der Waals surface area contributed by atoms with Gasteiger partial charge in [-0.2, -0.15) is 0 Å². The second-order valence-electron chi connectivity index (χ2n) is 5.39. The van der Waals surface area contributed by atoms with Crippen LogP contribution in [-0.4, -0.2) is 52.2 Å². The molecule has 0 spiro atoms. The van der Waals surface area contributed by atoms with Gasteiger partial charge in [0.2, 0.25) is 0 Å². The minimum absolute atomic E-state index is 0.922. The average Bonchev–Trinajstić information content (AvgIpc) is 2.61. The van der Waals surface area contributed by atoms with Gasteiger partial charge in [-0.05, 0) is 37.5 Å². The van der Waals surface area contributed by atoms with Crippen molar-refractivity contribution >= 4 is 23.3 Å². The Bertz CT molecular complexity index is 505. The fourth-order valence-electron chi connectivity index (χ4n) is 2.45. The number of fused-ring (bicyclic) bond motifs is 1. The molecule has 1 heterocycles. The fourth-order valence-corrected chi connectivity index (χ4v) is 3.40. The molecule has 0 atom stereocenters. The van der Waals surface area contributed by atoms with Crippen LogP contribution in [0.2, 0.25) is 0 Å². The Kier molecular flexibility index (Phi) is 5.42. The average molecular weight is 307 g/mol. The molecule has 0 saturated heterocycles. The van der Waals surface area contributed by atoms with E-state index in [0.29, 0.717) is 0 Å². The van der Waals surface area contributed by atoms with Gasteiger partial charge in [0.05, 0.1) is 23.4 Å². The molecule has 1 aromatic rings. The third-order valence-electron chi connectivity index (χ3n) is 3.63. The van der Waals surface area contributed by atoms with E-state index in [2.05, 4.69) is 39.9 Å². The van der Waals surface area contributed by atoms with Crippen LogP contribution in [0.15, 0.2) is 29.7 Å². The molecule has 2 rings (SSSR count). The maximum Gasteiger partial charge on any atom is 0.143 e. The monoisotopic (exact) mass is 307 g/mol. The van der Waals surface area contributed by atoms with Gasteiger partial charge in [0.25, 0.3) is 0 Å². The minimum Gasteiger partial charge on any atom is -0.495 e. The zero-order valence-electron chi connectivity index (χ0n) is 13.4. The molecule has 0 unspecified atom stereocenters. The van der Waals surface area contributed by atoms with E-state index < -0.39 is 0 Å². The van der Waals surface area contributed by atoms with Crippen LogP contribution in [0.3, 0.4) is 0 Å². The third-order valence-corrected chi connectivity index (χ3v) is 4.64. The zero-order valence-corrected chi connectivity index (χ0v) is 14.2. The molecule has 0 bridgehead atoms. The molecule has 0 aromatic heterocycles. The van der Waals surface area contributed by atoms with Gasteiger partial charge in [-0.1, -0.05) is 6.08 Å². The van der Waals surface area contributed by atoms with Crippen LogP contribution >= 0.6 is 11.9 Å². The van der Waals surface area contributed by atoms with Crippen LogP contribution in [0, 0.1) is 0 Å². The highest BCUT2D eigenvalue weighted by Gasteiger charge is 2.21. The van der Waals surface area contributed by atoms with Crippen molar-refractivity contribution in [2.24, 2.45) is 0 Å². The second kappa shape index (κ2) is 7.09. The van der Waals surface area contributed by atoms with Gasteiger partial charge in [-0.15, -0.1) is 6.58 Å². The van der Waals surface area contributed by atoms with Crippen molar-refractivity contribution in [3.05, 3.63) is 24.8 Å². The van der Waals surface area contributed by atoms with E-state index in [4.69, 9.17) is 4.74 Å². The van der Waals surface area contributed by atoms with Gasteiger partial charge < -0.3 is 14.5 Å². The standard InChI is InChI=1S/C16H25N3OS/c1-6-7-8-19-10-9-18(4)21-16-12-15(20-5)13(17(2)3)11-14(16)19/h6,11-12H,1,7-10H2,2-5H3. The normalized spacial score (nSPS) is 15.3. The number of anilines is 2. The van der Waals surface area contributed by atoms with Crippen molar-refractivity contribution < 1.29 is 4.74 Å². The summed E-state index contributed by atoms with van der Waals surface area (Å²) in [6, 6.07) is 4.39. The van der Waals surface area contributed by atoms with Gasteiger partial charge in [0.1, 0.15) is 5.75 Å². The molecule has 1 aliphatic rings. The van der Waals surface area contributed by atoms with Crippen LogP contribution in [0.5, 0.6) is 5.75 Å². The number of hydrogen-bond donors (Lipinski definition) is 0. The Morgan fingerprint density at radius 3 is 2.76 bits per heavy atom. The summed E-state index contributed by atoms with van der Waals surface area (Å²) in [7, 11) is 7.97. The molecule has 116 valence electrons. The summed E-state index contributed by atoms with van der Waals surface area (Å²) >= 11 is 1.79. The molecule has 1 aliphatic heterocycles. The largest absolute Gasteiger partial charge is 0.495 e. The zero-order chi connectivity index (χ0) is 15.4. The van der Waals surface area contributed by atoms with Crippen molar-refractivity contribution in [2.45, 2.75) is 11.3 Å². The Balaban J connectivity index is 2.46. The Morgan fingerprint density at radius 1 is 1.38 bits per heavy atom. The lowest BCUT2D eigenvalue weighted by Gasteiger charge is -2.26. The quantitative estimate of drug-likeness (QED) is 0.613. The number of hydrogen-bond acceptors (Lipinski definition) is 5. The van der Waals surface area contributed by atoms with Gasteiger partial charge in [0, 0.05) is 33.7 Å². The summed E-state index contributed by atoms with van der Waals surface area (Å²) in [5, 5.41) is 0. The fraction of sp³-hybridized carbons (Fsp3) is 0.500. The van der Waals surface area contributed by atoms with Crippen molar-refractivity contribution in [2.75, 3.05) is 57.7 Å². The van der Waals surface area contributed by atoms with E-state index in [9.17, 15) is 0 Å². The smallest absolute Gasteiger partial charge is 0.143 e. The molecule has 0 saturated carbocycles. The summed E-state index contributed by atoms with van der Waals surface area (Å²) in [6.07, 6.45) is 2.98. The molecule has 0 amide bonds. The molecule has 1 aromatic carbocycles. The molecule has 0 fully saturated rings. The molecular formula is C16H25N3OS. The Morgan fingerprint density at radius 2 is 2.14 bits per heavy atom. The van der Waals surface area contributed by atoms with E-state index >= 15 is 0 Å². The maximum atomic E-state index is 5.56. The van der Waals surface area contributed by atoms with Gasteiger partial charge in [-0.25, -0.2) is 4.31 Å². The highest BCUT2D eigenvalue weighted by molar-refractivity contribution is 7.97. The number of benzene rings is 1. The Labute approximate surface area is 132 Å². The van der Waals surface area contributed by atoms with E-state index in [0.717, 1.165) is 37.5 Å². The molecule has 5 heteroatoms. The summed E-state index contributed by atoms with van der Waals surface area (Å²) in [6.45, 7) is 6.92. The van der Waals surface area contributed by atoms with E-state index in [-0.39, 0.29) is 0 Å². The van der Waals surface area contributed by atoms with Crippen LogP contribution in [0.1, 0.15) is 6.42 Å². The lowest BCUT2D eigenvalue weighted by Crippen LogP contribution is -2.29. The second-order valence-corrected chi connectivity index (χ2v) is 6.64. The summed E-state index contributed by atoms with van der Waals surface area (Å²) in [5.74, 6) is 0.922. The van der Waals surface area contributed by atoms with Crippen LogP contribution in [0.4, 0.5) is 11.4 Å². The highest BCUT2D eigenvalue weighted by atomic mass is 32.2. The van der Waals surface area contributed by atoms with Gasteiger partial charge in [-0.3, -0.25) is 0 Å². The Hall–Kier alpha value is -1.33. The van der Waals surface area contributed by atoms with E-state index in [1.54, 1.807) is 19.1 Å². The minimum atomic E-state index is 0.922. The van der Waals surface area contributed by atoms with E-state index in [1.165, 1.54) is 10.6 Å². The number of ether oxygens (including phenoxy) is 1. The first-order chi connectivity index (χ1) is 10.1. The lowest BCUT2D eigenvalue weighted by atomic mass is 10.2. The summed E-state index contributed by atoms with van der Waals surface area (Å²) in [4.78, 5) is 5.80. The number of nitrogens with zero attached hydrogens (tertiary/aromatic N) is 3. The first-order valence-electron chi connectivity index (χ1n) is 7.21. The highest BCUT2D eigenvalue weighted by Crippen LogP contribution is 2.42. The summed E-state index contributed by atoms with van der Waals surface area (Å²) < 4.78 is 7.84. The van der Waals surface area contributed by atoms with Crippen molar-refractivity contribution in [3.63, 3.8) is 0 Å². The van der Waals surface area contributed by atoms with Crippen LogP contribution in [0.25, 0.3) is 0 Å². The predicted octanol–water partition coefficient (Wildman–Crippen LogP) is 3.10. The molecule has 0 aliphatic carbocycles. The topological polar surface area (TPSA) is 19.0 Å². The van der Waals surface area contributed by atoms with Crippen LogP contribution in [-0.2, 0) is 0 Å². The van der Waals surface area contributed by atoms with E-state index in [1.807, 2.05) is 20.2 Å². The molecular weight excluding hydrogens is 282 g/mol. The molecule has 0 N–H and O–H groups in total. The van der Waals surface area contributed by atoms with Crippen molar-refractivity contribution in [3.8, 4) is 5.75 Å². The lowest BCUT2D eigenvalue weighted by molar-refractivity contribution is 0.414. The maximum absolute atomic E-state index is 5.56. The van der Waals surface area contributed by atoms with Gasteiger partial charge >= 0.3 is 0 Å². The predicted molar refractivity (Wildman–Crippen MR) is 92.8 cm³/mol. The van der Waals surface area contributed by atoms with Gasteiger partial charge in [0.15, 0.2) is 0 Å². The van der Waals surface area contributed by atoms with Crippen molar-refractivity contribution in [1.29, 1.82) is 0 Å². The first-order valence-corrected chi connectivity index (χ1v) is 7.98. The first kappa shape index (κ1) is 16.0. The van der Waals surface area contributed by atoms with Crippen molar-refractivity contribution in [1.82, 2.24) is 4.31 Å². The number of likely N-dealkylation sites (N-methyl/N-ethyl adjacent to an activating group) is 1. The molecule has 0 radical (unpaired) electrons. The number of methoxy groups -OCH3 is 1. The summed E-state index contributed by atoms with van der Waals surface area (Å²) in [5.41, 5.74) is 2.40. The SMILES string of the molecule is C=CCCN1CCN(C)Sc2cc(OC)c(N(C)C)cc21.